The molecule has 2 heterocycles. The Kier molecular flexibility index (Phi) is 5.40. The van der Waals surface area contributed by atoms with Crippen molar-refractivity contribution in [2.75, 3.05) is 0 Å². The van der Waals surface area contributed by atoms with Crippen molar-refractivity contribution in [2.45, 2.75) is 43.7 Å². The summed E-state index contributed by atoms with van der Waals surface area (Å²) in [6, 6.07) is 8.10. The number of hydrogen-bond donors (Lipinski definition) is 4. The van der Waals surface area contributed by atoms with E-state index in [1.54, 1.807) is 31.2 Å². The molecule has 28 heavy (non-hydrogen) atoms. The van der Waals surface area contributed by atoms with Crippen LogP contribution in [0.1, 0.15) is 12.5 Å². The molecule has 5 N–H and O–H groups in total. The number of aliphatic hydroxyl groups excluding tert-OH is 2. The van der Waals surface area contributed by atoms with Crippen LogP contribution in [0.4, 0.5) is 4.79 Å². The van der Waals surface area contributed by atoms with Crippen LogP contribution in [0.3, 0.4) is 0 Å². The molecule has 1 unspecified atom stereocenters. The number of aliphatic hydroxyl groups is 2. The summed E-state index contributed by atoms with van der Waals surface area (Å²) in [5.41, 5.74) is 4.65. The summed E-state index contributed by atoms with van der Waals surface area (Å²) in [6.07, 6.45) is 2.21. The van der Waals surface area contributed by atoms with Crippen molar-refractivity contribution in [1.29, 1.82) is 0 Å². The van der Waals surface area contributed by atoms with Crippen molar-refractivity contribution in [3.63, 3.8) is 0 Å². The average molecular weight is 387 g/mol. The van der Waals surface area contributed by atoms with Crippen molar-refractivity contribution in [1.82, 2.24) is 10.2 Å². The third-order valence-electron chi connectivity index (χ3n) is 4.67. The molecule has 1 aromatic carbocycles. The number of carbonyl (C=O) groups is 2. The number of esters is 1. The molecular weight excluding hydrogens is 366 g/mol. The predicted octanol–water partition coefficient (Wildman–Crippen LogP) is -0.606. The maximum Gasteiger partial charge on any atom is 0.352 e. The molecule has 1 fully saturated rings. The molecule has 9 heteroatoms. The highest BCUT2D eigenvalue weighted by Gasteiger charge is 2.51. The molecule has 2 aliphatic heterocycles. The monoisotopic (exact) mass is 387 g/mol. The second-order valence-electron chi connectivity index (χ2n) is 6.61. The Hall–Kier alpha value is -2.90. The number of nitrogens with zero attached hydrogens (tertiary/aromatic N) is 1. The fourth-order valence-electron chi connectivity index (χ4n) is 3.00. The first-order chi connectivity index (χ1) is 13.3. The topological polar surface area (TPSA) is 134 Å². The molecule has 3 rings (SSSR count). The van der Waals surface area contributed by atoms with E-state index in [0.717, 1.165) is 16.7 Å². The van der Waals surface area contributed by atoms with Gasteiger partial charge in [-0.1, -0.05) is 36.3 Å². The van der Waals surface area contributed by atoms with Crippen molar-refractivity contribution < 1.29 is 29.3 Å². The van der Waals surface area contributed by atoms with Gasteiger partial charge in [-0.3, -0.25) is 10.6 Å². The first-order valence-corrected chi connectivity index (χ1v) is 8.59. The first kappa shape index (κ1) is 19.9. The second kappa shape index (κ2) is 7.61. The van der Waals surface area contributed by atoms with Gasteiger partial charge >= 0.3 is 12.0 Å². The molecule has 1 aromatic rings. The maximum atomic E-state index is 12.6. The van der Waals surface area contributed by atoms with Crippen LogP contribution in [0, 0.1) is 12.3 Å². The highest BCUT2D eigenvalue weighted by Crippen LogP contribution is 2.28. The standard InChI is InChI=1S/C19H21N3O6/c1-3-13-9-22(16-15(24)14(23)11(2)28-16)18(26)21-19(13,20)17(25)27-10-12-7-5-4-6-8-12/h1,4-9,11,14-16,23-24H,10,20H2,2H3,(H,21,26)/t11-,14-,15-,16-,19?/m1/s1. The number of urea groups is 1. The normalized spacial score (nSPS) is 32.3. The number of nitrogens with two attached hydrogens (primary N) is 1. The zero-order valence-corrected chi connectivity index (χ0v) is 15.1. The van der Waals surface area contributed by atoms with Crippen molar-refractivity contribution in [3.05, 3.63) is 47.7 Å². The minimum absolute atomic E-state index is 0.0514. The number of amides is 2. The van der Waals surface area contributed by atoms with E-state index in [4.69, 9.17) is 21.6 Å². The van der Waals surface area contributed by atoms with Crippen molar-refractivity contribution in [3.8, 4) is 12.3 Å². The highest BCUT2D eigenvalue weighted by molar-refractivity contribution is 5.93. The fraction of sp³-hybridized carbons (Fsp3) is 0.368. The van der Waals surface area contributed by atoms with E-state index in [2.05, 4.69) is 11.2 Å². The van der Waals surface area contributed by atoms with E-state index in [1.807, 2.05) is 6.07 Å². The first-order valence-electron chi connectivity index (χ1n) is 8.59. The molecule has 0 saturated carbocycles. The van der Waals surface area contributed by atoms with Crippen LogP contribution in [0.15, 0.2) is 42.1 Å². The van der Waals surface area contributed by atoms with Gasteiger partial charge in [0.1, 0.15) is 18.8 Å². The Morgan fingerprint density at radius 1 is 1.39 bits per heavy atom. The number of nitrogens with one attached hydrogen (secondary N) is 1. The summed E-state index contributed by atoms with van der Waals surface area (Å²) in [5.74, 6) is 1.33. The van der Waals surface area contributed by atoms with Crippen LogP contribution in [0.5, 0.6) is 0 Å². The quantitative estimate of drug-likeness (QED) is 0.400. The van der Waals surface area contributed by atoms with Crippen molar-refractivity contribution in [2.24, 2.45) is 5.73 Å². The number of hydrogen-bond acceptors (Lipinski definition) is 7. The summed E-state index contributed by atoms with van der Waals surface area (Å²) in [7, 11) is 0. The number of terminal acetylenes is 1. The summed E-state index contributed by atoms with van der Waals surface area (Å²) in [4.78, 5) is 26.1. The van der Waals surface area contributed by atoms with Crippen LogP contribution < -0.4 is 11.1 Å². The smallest absolute Gasteiger partial charge is 0.352 e. The van der Waals surface area contributed by atoms with Crippen LogP contribution in [0.2, 0.25) is 0 Å². The lowest BCUT2D eigenvalue weighted by Crippen LogP contribution is -2.69. The van der Waals surface area contributed by atoms with Gasteiger partial charge in [-0.15, -0.1) is 6.42 Å². The molecule has 2 amide bonds. The summed E-state index contributed by atoms with van der Waals surface area (Å²) >= 11 is 0. The summed E-state index contributed by atoms with van der Waals surface area (Å²) < 4.78 is 10.6. The molecule has 5 atom stereocenters. The van der Waals surface area contributed by atoms with Crippen LogP contribution in [-0.2, 0) is 20.9 Å². The zero-order valence-electron chi connectivity index (χ0n) is 15.1. The fourth-order valence-corrected chi connectivity index (χ4v) is 3.00. The minimum Gasteiger partial charge on any atom is -0.458 e. The van der Waals surface area contributed by atoms with Crippen LogP contribution in [-0.4, -0.2) is 57.3 Å². The van der Waals surface area contributed by atoms with E-state index in [0.29, 0.717) is 0 Å². The number of rotatable bonds is 4. The second-order valence-corrected chi connectivity index (χ2v) is 6.61. The van der Waals surface area contributed by atoms with Gasteiger partial charge in [0.15, 0.2) is 6.23 Å². The zero-order chi connectivity index (χ0) is 20.5. The minimum atomic E-state index is -2.06. The predicted molar refractivity (Wildman–Crippen MR) is 96.8 cm³/mol. The van der Waals surface area contributed by atoms with E-state index in [-0.39, 0.29) is 12.2 Å². The van der Waals surface area contributed by atoms with Crippen LogP contribution >= 0.6 is 0 Å². The lowest BCUT2D eigenvalue weighted by atomic mass is 9.99. The molecule has 0 bridgehead atoms. The summed E-state index contributed by atoms with van der Waals surface area (Å²) in [6.45, 7) is 1.50. The maximum absolute atomic E-state index is 12.6. The Labute approximate surface area is 161 Å². The van der Waals surface area contributed by atoms with Crippen LogP contribution in [0.25, 0.3) is 0 Å². The van der Waals surface area contributed by atoms with E-state index < -0.39 is 42.2 Å². The van der Waals surface area contributed by atoms with Crippen molar-refractivity contribution >= 4 is 12.0 Å². The van der Waals surface area contributed by atoms with Gasteiger partial charge in [0.25, 0.3) is 0 Å². The molecule has 0 aliphatic carbocycles. The molecule has 1 saturated heterocycles. The largest absolute Gasteiger partial charge is 0.458 e. The average Bonchev–Trinajstić information content (AvgIpc) is 2.94. The third kappa shape index (κ3) is 3.46. The lowest BCUT2D eigenvalue weighted by Gasteiger charge is -2.38. The van der Waals surface area contributed by atoms with E-state index in [1.165, 1.54) is 0 Å². The molecule has 148 valence electrons. The molecule has 0 spiro atoms. The van der Waals surface area contributed by atoms with Gasteiger partial charge in [0, 0.05) is 6.20 Å². The van der Waals surface area contributed by atoms with Gasteiger partial charge in [0.05, 0.1) is 11.7 Å². The Balaban J connectivity index is 1.80. The van der Waals surface area contributed by atoms with Gasteiger partial charge in [0.2, 0.25) is 5.66 Å². The highest BCUT2D eigenvalue weighted by atomic mass is 16.6. The van der Waals surface area contributed by atoms with E-state index in [9.17, 15) is 19.8 Å². The molecule has 2 aliphatic rings. The SMILES string of the molecule is C#CC1=CN([C@@H]2O[C@H](C)[C@@H](O)[C@H]2O)C(=O)NC1(N)C(=O)OCc1ccccc1. The van der Waals surface area contributed by atoms with E-state index >= 15 is 0 Å². The van der Waals surface area contributed by atoms with Gasteiger partial charge in [-0.05, 0) is 12.5 Å². The summed E-state index contributed by atoms with van der Waals surface area (Å²) in [5, 5.41) is 22.3. The Bertz CT molecular complexity index is 836. The molecule has 9 nitrogen and oxygen atoms in total. The number of carbonyl (C=O) groups excluding carboxylic acids is 2. The molecular formula is C19H21N3O6. The van der Waals surface area contributed by atoms with Gasteiger partial charge in [-0.2, -0.15) is 0 Å². The molecule has 0 aromatic heterocycles. The lowest BCUT2D eigenvalue weighted by molar-refractivity contribution is -0.151. The number of ether oxygens (including phenoxy) is 2. The number of benzene rings is 1. The Morgan fingerprint density at radius 3 is 2.64 bits per heavy atom. The molecule has 0 radical (unpaired) electrons. The third-order valence-corrected chi connectivity index (χ3v) is 4.67. The Morgan fingerprint density at radius 2 is 2.07 bits per heavy atom. The van der Waals surface area contributed by atoms with Gasteiger partial charge < -0.3 is 25.0 Å². The van der Waals surface area contributed by atoms with Gasteiger partial charge in [-0.25, -0.2) is 9.59 Å².